The largest absolute Gasteiger partial charge is 0.329 e. The molecule has 96 valence electrons. The Labute approximate surface area is 104 Å². The summed E-state index contributed by atoms with van der Waals surface area (Å²) >= 11 is 0. The van der Waals surface area contributed by atoms with E-state index in [4.69, 9.17) is 5.73 Å². The van der Waals surface area contributed by atoms with Crippen LogP contribution in [0.2, 0.25) is 0 Å². The first-order valence-corrected chi connectivity index (χ1v) is 6.23. The molecule has 0 bridgehead atoms. The molecule has 3 heteroatoms. The van der Waals surface area contributed by atoms with E-state index in [2.05, 4.69) is 25.7 Å². The summed E-state index contributed by atoms with van der Waals surface area (Å²) in [6, 6.07) is 5.54. The zero-order valence-corrected chi connectivity index (χ0v) is 11.2. The van der Waals surface area contributed by atoms with Crippen LogP contribution in [0.5, 0.6) is 0 Å². The van der Waals surface area contributed by atoms with Crippen LogP contribution in [0.25, 0.3) is 0 Å². The van der Waals surface area contributed by atoms with E-state index >= 15 is 0 Å². The van der Waals surface area contributed by atoms with Crippen LogP contribution in [0, 0.1) is 12.7 Å². The lowest BCUT2D eigenvalue weighted by Crippen LogP contribution is -2.38. The van der Waals surface area contributed by atoms with Crippen LogP contribution in [0.15, 0.2) is 18.2 Å². The van der Waals surface area contributed by atoms with Gasteiger partial charge in [0, 0.05) is 18.6 Å². The van der Waals surface area contributed by atoms with Crippen molar-refractivity contribution in [3.05, 3.63) is 35.1 Å². The van der Waals surface area contributed by atoms with Crippen LogP contribution in [0.4, 0.5) is 4.39 Å². The molecule has 0 amide bonds. The molecule has 0 aliphatic heterocycles. The SMILES string of the molecule is CCN(C(C)C)C(CN)c1ccc(F)cc1C. The van der Waals surface area contributed by atoms with E-state index in [1.165, 1.54) is 6.07 Å². The molecular weight excluding hydrogens is 215 g/mol. The molecule has 0 radical (unpaired) electrons. The first-order valence-electron chi connectivity index (χ1n) is 6.23. The maximum absolute atomic E-state index is 13.1. The van der Waals surface area contributed by atoms with Crippen LogP contribution < -0.4 is 5.73 Å². The molecule has 0 saturated heterocycles. The minimum Gasteiger partial charge on any atom is -0.329 e. The van der Waals surface area contributed by atoms with Crippen molar-refractivity contribution in [1.82, 2.24) is 4.90 Å². The second-order valence-electron chi connectivity index (χ2n) is 4.68. The highest BCUT2D eigenvalue weighted by atomic mass is 19.1. The van der Waals surface area contributed by atoms with Crippen LogP contribution >= 0.6 is 0 Å². The quantitative estimate of drug-likeness (QED) is 0.854. The second kappa shape index (κ2) is 6.12. The van der Waals surface area contributed by atoms with Crippen molar-refractivity contribution in [3.8, 4) is 0 Å². The molecule has 0 aromatic heterocycles. The second-order valence-corrected chi connectivity index (χ2v) is 4.68. The molecule has 17 heavy (non-hydrogen) atoms. The number of hydrogen-bond acceptors (Lipinski definition) is 2. The molecule has 1 atom stereocenters. The van der Waals surface area contributed by atoms with Crippen LogP contribution in [-0.4, -0.2) is 24.0 Å². The highest BCUT2D eigenvalue weighted by Crippen LogP contribution is 2.25. The lowest BCUT2D eigenvalue weighted by molar-refractivity contribution is 0.166. The maximum atomic E-state index is 13.1. The van der Waals surface area contributed by atoms with E-state index in [-0.39, 0.29) is 11.9 Å². The van der Waals surface area contributed by atoms with Gasteiger partial charge in [-0.3, -0.25) is 4.90 Å². The standard InChI is InChI=1S/C14H23FN2/c1-5-17(10(2)3)14(9-16)13-7-6-12(15)8-11(13)4/h6-8,10,14H,5,9,16H2,1-4H3. The number of hydrogen-bond donors (Lipinski definition) is 1. The Morgan fingerprint density at radius 3 is 2.41 bits per heavy atom. The van der Waals surface area contributed by atoms with Crippen molar-refractivity contribution in [1.29, 1.82) is 0 Å². The molecule has 0 aliphatic rings. The molecule has 0 fully saturated rings. The van der Waals surface area contributed by atoms with Gasteiger partial charge in [0.25, 0.3) is 0 Å². The van der Waals surface area contributed by atoms with Gasteiger partial charge >= 0.3 is 0 Å². The Hall–Kier alpha value is -0.930. The van der Waals surface area contributed by atoms with Gasteiger partial charge in [-0.25, -0.2) is 4.39 Å². The van der Waals surface area contributed by atoms with Crippen molar-refractivity contribution in [3.63, 3.8) is 0 Å². The Morgan fingerprint density at radius 1 is 1.35 bits per heavy atom. The lowest BCUT2D eigenvalue weighted by Gasteiger charge is -2.34. The predicted octanol–water partition coefficient (Wildman–Crippen LogP) is 2.86. The smallest absolute Gasteiger partial charge is 0.123 e. The Balaban J connectivity index is 3.08. The van der Waals surface area contributed by atoms with Gasteiger partial charge in [-0.2, -0.15) is 0 Å². The summed E-state index contributed by atoms with van der Waals surface area (Å²) in [6.45, 7) is 9.88. The number of nitrogens with zero attached hydrogens (tertiary/aromatic N) is 1. The molecule has 2 N–H and O–H groups in total. The summed E-state index contributed by atoms with van der Waals surface area (Å²) in [5.41, 5.74) is 7.99. The fraction of sp³-hybridized carbons (Fsp3) is 0.571. The van der Waals surface area contributed by atoms with Gasteiger partial charge in [-0.15, -0.1) is 0 Å². The monoisotopic (exact) mass is 238 g/mol. The van der Waals surface area contributed by atoms with Gasteiger partial charge in [-0.05, 0) is 50.6 Å². The Morgan fingerprint density at radius 2 is 2.00 bits per heavy atom. The molecule has 0 heterocycles. The third-order valence-corrected chi connectivity index (χ3v) is 3.24. The van der Waals surface area contributed by atoms with E-state index in [0.29, 0.717) is 12.6 Å². The zero-order valence-electron chi connectivity index (χ0n) is 11.2. The first-order chi connectivity index (χ1) is 8.01. The molecule has 1 unspecified atom stereocenters. The highest BCUT2D eigenvalue weighted by molar-refractivity contribution is 5.30. The maximum Gasteiger partial charge on any atom is 0.123 e. The summed E-state index contributed by atoms with van der Waals surface area (Å²) in [5, 5.41) is 0. The van der Waals surface area contributed by atoms with Gasteiger partial charge in [0.1, 0.15) is 5.82 Å². The van der Waals surface area contributed by atoms with E-state index in [9.17, 15) is 4.39 Å². The average molecular weight is 238 g/mol. The van der Waals surface area contributed by atoms with Crippen LogP contribution in [0.1, 0.15) is 37.9 Å². The normalized spacial score (nSPS) is 13.4. The third kappa shape index (κ3) is 3.27. The fourth-order valence-corrected chi connectivity index (χ4v) is 2.40. The molecule has 1 rings (SSSR count). The summed E-state index contributed by atoms with van der Waals surface area (Å²) in [5.74, 6) is -0.186. The van der Waals surface area contributed by atoms with Gasteiger partial charge in [0.05, 0.1) is 0 Å². The molecule has 0 aliphatic carbocycles. The third-order valence-electron chi connectivity index (χ3n) is 3.24. The highest BCUT2D eigenvalue weighted by Gasteiger charge is 2.21. The minimum atomic E-state index is -0.186. The number of benzene rings is 1. The first kappa shape index (κ1) is 14.1. The molecule has 0 spiro atoms. The van der Waals surface area contributed by atoms with Gasteiger partial charge < -0.3 is 5.73 Å². The summed E-state index contributed by atoms with van der Waals surface area (Å²) in [6.07, 6.45) is 0. The van der Waals surface area contributed by atoms with E-state index < -0.39 is 0 Å². The number of aryl methyl sites for hydroxylation is 1. The van der Waals surface area contributed by atoms with Crippen LogP contribution in [0.3, 0.4) is 0 Å². The minimum absolute atomic E-state index is 0.167. The zero-order chi connectivity index (χ0) is 13.0. The van der Waals surface area contributed by atoms with Gasteiger partial charge in [-0.1, -0.05) is 13.0 Å². The summed E-state index contributed by atoms with van der Waals surface area (Å²) in [4.78, 5) is 2.33. The Bertz CT molecular complexity index is 363. The van der Waals surface area contributed by atoms with E-state index in [1.54, 1.807) is 6.07 Å². The topological polar surface area (TPSA) is 29.3 Å². The Kier molecular flexibility index (Phi) is 5.09. The number of halogens is 1. The van der Waals surface area contributed by atoms with Crippen molar-refractivity contribution >= 4 is 0 Å². The molecular formula is C14H23FN2. The predicted molar refractivity (Wildman–Crippen MR) is 70.4 cm³/mol. The van der Waals surface area contributed by atoms with Crippen LogP contribution in [-0.2, 0) is 0 Å². The molecule has 1 aromatic carbocycles. The number of rotatable bonds is 5. The van der Waals surface area contributed by atoms with E-state index in [1.807, 2.05) is 13.0 Å². The average Bonchev–Trinajstić information content (AvgIpc) is 2.26. The van der Waals surface area contributed by atoms with Crippen molar-refractivity contribution in [2.45, 2.75) is 39.8 Å². The summed E-state index contributed by atoms with van der Waals surface area (Å²) < 4.78 is 13.1. The molecule has 0 saturated carbocycles. The van der Waals surface area contributed by atoms with Crippen molar-refractivity contribution in [2.24, 2.45) is 5.73 Å². The molecule has 2 nitrogen and oxygen atoms in total. The van der Waals surface area contributed by atoms with Crippen molar-refractivity contribution in [2.75, 3.05) is 13.1 Å². The molecule has 1 aromatic rings. The van der Waals surface area contributed by atoms with E-state index in [0.717, 1.165) is 17.7 Å². The fourth-order valence-electron chi connectivity index (χ4n) is 2.40. The van der Waals surface area contributed by atoms with Crippen molar-refractivity contribution < 1.29 is 4.39 Å². The number of nitrogens with two attached hydrogens (primary N) is 1. The number of likely N-dealkylation sites (N-methyl/N-ethyl adjacent to an activating group) is 1. The lowest BCUT2D eigenvalue weighted by atomic mass is 9.98. The summed E-state index contributed by atoms with van der Waals surface area (Å²) in [7, 11) is 0. The van der Waals surface area contributed by atoms with Gasteiger partial charge in [0.15, 0.2) is 0 Å². The van der Waals surface area contributed by atoms with Gasteiger partial charge in [0.2, 0.25) is 0 Å².